The Morgan fingerprint density at radius 3 is 2.19 bits per heavy atom. The Morgan fingerprint density at radius 2 is 1.49 bits per heavy atom. The number of fused-ring (bicyclic) bond motifs is 1. The zero-order valence-electron chi connectivity index (χ0n) is 20.4. The summed E-state index contributed by atoms with van der Waals surface area (Å²) in [6, 6.07) is 21.0. The molecule has 0 bridgehead atoms. The fraction of sp³-hybridized carbons (Fsp3) is 0.276. The predicted molar refractivity (Wildman–Crippen MR) is 143 cm³/mol. The number of aliphatic hydroxyl groups excluding tert-OH is 1. The minimum absolute atomic E-state index is 0.0477. The van der Waals surface area contributed by atoms with Gasteiger partial charge in [0.25, 0.3) is 11.8 Å². The molecular formula is C29H29N5O3. The molecule has 2 amide bonds. The largest absolute Gasteiger partial charge is 0.393 e. The first-order chi connectivity index (χ1) is 18.0. The summed E-state index contributed by atoms with van der Waals surface area (Å²) in [6.07, 6.45) is 5.21. The first-order valence-electron chi connectivity index (χ1n) is 12.8. The SMILES string of the molecule is O=C(Nc1ccc(N2CCC(O)CC2)cc1)c1ccc(-n2ncc3cc(C(=O)NC4CC4)ccc32)cc1. The molecule has 1 saturated heterocycles. The van der Waals surface area contributed by atoms with Gasteiger partial charge in [0.15, 0.2) is 0 Å². The fourth-order valence-corrected chi connectivity index (χ4v) is 4.71. The number of hydrogen-bond acceptors (Lipinski definition) is 5. The van der Waals surface area contributed by atoms with E-state index in [2.05, 4.69) is 20.6 Å². The van der Waals surface area contributed by atoms with Crippen molar-refractivity contribution in [3.63, 3.8) is 0 Å². The van der Waals surface area contributed by atoms with Gasteiger partial charge < -0.3 is 20.6 Å². The summed E-state index contributed by atoms with van der Waals surface area (Å²) in [6.45, 7) is 1.67. The molecule has 3 aromatic carbocycles. The number of carbonyl (C=O) groups excluding carboxylic acids is 2. The summed E-state index contributed by atoms with van der Waals surface area (Å²) in [5.41, 5.74) is 4.73. The maximum absolute atomic E-state index is 12.8. The summed E-state index contributed by atoms with van der Waals surface area (Å²) in [7, 11) is 0. The van der Waals surface area contributed by atoms with Gasteiger partial charge in [0.05, 0.1) is 23.5 Å². The molecule has 2 fully saturated rings. The number of aromatic nitrogens is 2. The Bertz CT molecular complexity index is 1430. The second-order valence-electron chi connectivity index (χ2n) is 9.84. The molecule has 0 spiro atoms. The molecule has 1 aromatic heterocycles. The van der Waals surface area contributed by atoms with Gasteiger partial charge in [-0.15, -0.1) is 0 Å². The number of piperidine rings is 1. The van der Waals surface area contributed by atoms with E-state index in [1.807, 2.05) is 54.6 Å². The van der Waals surface area contributed by atoms with Crippen molar-refractivity contribution in [3.8, 4) is 5.69 Å². The van der Waals surface area contributed by atoms with E-state index in [1.54, 1.807) is 23.0 Å². The van der Waals surface area contributed by atoms with E-state index in [0.717, 1.165) is 66.7 Å². The molecule has 1 aliphatic heterocycles. The number of benzene rings is 3. The second-order valence-corrected chi connectivity index (χ2v) is 9.84. The molecule has 188 valence electrons. The van der Waals surface area contributed by atoms with Gasteiger partial charge in [-0.3, -0.25) is 9.59 Å². The van der Waals surface area contributed by atoms with Crippen molar-refractivity contribution in [1.29, 1.82) is 0 Å². The molecule has 4 aromatic rings. The van der Waals surface area contributed by atoms with Crippen LogP contribution in [0.5, 0.6) is 0 Å². The van der Waals surface area contributed by atoms with E-state index in [-0.39, 0.29) is 17.9 Å². The van der Waals surface area contributed by atoms with Crippen LogP contribution in [0.2, 0.25) is 0 Å². The quantitative estimate of drug-likeness (QED) is 0.374. The van der Waals surface area contributed by atoms with Gasteiger partial charge in [0.2, 0.25) is 0 Å². The first-order valence-corrected chi connectivity index (χ1v) is 12.8. The summed E-state index contributed by atoms with van der Waals surface area (Å²) in [5.74, 6) is -0.231. The van der Waals surface area contributed by atoms with E-state index < -0.39 is 0 Å². The van der Waals surface area contributed by atoms with Gasteiger partial charge in [0, 0.05) is 47.0 Å². The van der Waals surface area contributed by atoms with E-state index >= 15 is 0 Å². The average Bonchev–Trinajstić information content (AvgIpc) is 3.64. The van der Waals surface area contributed by atoms with Crippen molar-refractivity contribution in [2.24, 2.45) is 0 Å². The number of carbonyl (C=O) groups is 2. The van der Waals surface area contributed by atoms with Crippen molar-refractivity contribution < 1.29 is 14.7 Å². The number of hydrogen-bond donors (Lipinski definition) is 3. The molecule has 37 heavy (non-hydrogen) atoms. The van der Waals surface area contributed by atoms with E-state index in [0.29, 0.717) is 17.2 Å². The third kappa shape index (κ3) is 5.06. The zero-order valence-corrected chi connectivity index (χ0v) is 20.4. The van der Waals surface area contributed by atoms with Crippen LogP contribution in [0.1, 0.15) is 46.4 Å². The van der Waals surface area contributed by atoms with Gasteiger partial charge in [0.1, 0.15) is 0 Å². The Morgan fingerprint density at radius 1 is 0.811 bits per heavy atom. The van der Waals surface area contributed by atoms with Crippen LogP contribution in [0.25, 0.3) is 16.6 Å². The molecule has 2 aliphatic rings. The first kappa shape index (κ1) is 23.2. The Hall–Kier alpha value is -4.17. The second kappa shape index (κ2) is 9.71. The highest BCUT2D eigenvalue weighted by Gasteiger charge is 2.24. The van der Waals surface area contributed by atoms with Crippen LogP contribution in [0.3, 0.4) is 0 Å². The van der Waals surface area contributed by atoms with Crippen LogP contribution in [0.15, 0.2) is 72.9 Å². The van der Waals surface area contributed by atoms with Gasteiger partial charge >= 0.3 is 0 Å². The maximum Gasteiger partial charge on any atom is 0.255 e. The van der Waals surface area contributed by atoms with Crippen LogP contribution in [0.4, 0.5) is 11.4 Å². The minimum Gasteiger partial charge on any atom is -0.393 e. The molecular weight excluding hydrogens is 466 g/mol. The summed E-state index contributed by atoms with van der Waals surface area (Å²) >= 11 is 0. The monoisotopic (exact) mass is 495 g/mol. The fourth-order valence-electron chi connectivity index (χ4n) is 4.71. The smallest absolute Gasteiger partial charge is 0.255 e. The zero-order chi connectivity index (χ0) is 25.4. The third-order valence-electron chi connectivity index (χ3n) is 7.07. The lowest BCUT2D eigenvalue weighted by molar-refractivity contribution is 0.0950. The average molecular weight is 496 g/mol. The van der Waals surface area contributed by atoms with Crippen LogP contribution >= 0.6 is 0 Å². The van der Waals surface area contributed by atoms with E-state index in [1.165, 1.54) is 0 Å². The predicted octanol–water partition coefficient (Wildman–Crippen LogP) is 4.13. The maximum atomic E-state index is 12.8. The molecule has 1 aliphatic carbocycles. The Balaban J connectivity index is 1.12. The summed E-state index contributed by atoms with van der Waals surface area (Å²) in [4.78, 5) is 27.4. The molecule has 0 atom stereocenters. The van der Waals surface area contributed by atoms with E-state index in [9.17, 15) is 14.7 Å². The van der Waals surface area contributed by atoms with Gasteiger partial charge in [-0.05, 0) is 92.4 Å². The van der Waals surface area contributed by atoms with Crippen molar-refractivity contribution in [2.75, 3.05) is 23.3 Å². The molecule has 0 radical (unpaired) electrons. The highest BCUT2D eigenvalue weighted by molar-refractivity contribution is 6.04. The lowest BCUT2D eigenvalue weighted by Gasteiger charge is -2.31. The van der Waals surface area contributed by atoms with Crippen molar-refractivity contribution in [3.05, 3.63) is 84.1 Å². The molecule has 1 saturated carbocycles. The molecule has 8 heteroatoms. The number of amides is 2. The normalized spacial score (nSPS) is 16.1. The number of nitrogens with one attached hydrogen (secondary N) is 2. The molecule has 0 unspecified atom stereocenters. The topological polar surface area (TPSA) is 99.5 Å². The van der Waals surface area contributed by atoms with Crippen LogP contribution < -0.4 is 15.5 Å². The molecule has 2 heterocycles. The van der Waals surface area contributed by atoms with Gasteiger partial charge in [-0.1, -0.05) is 0 Å². The highest BCUT2D eigenvalue weighted by Crippen LogP contribution is 2.24. The van der Waals surface area contributed by atoms with Crippen molar-refractivity contribution in [2.45, 2.75) is 37.8 Å². The minimum atomic E-state index is -0.203. The number of rotatable bonds is 6. The van der Waals surface area contributed by atoms with Crippen molar-refractivity contribution >= 4 is 34.1 Å². The molecule has 6 rings (SSSR count). The molecule has 8 nitrogen and oxygen atoms in total. The summed E-state index contributed by atoms with van der Waals surface area (Å²) in [5, 5.41) is 21.1. The summed E-state index contributed by atoms with van der Waals surface area (Å²) < 4.78 is 1.80. The Labute approximate surface area is 214 Å². The lowest BCUT2D eigenvalue weighted by Crippen LogP contribution is -2.35. The van der Waals surface area contributed by atoms with Gasteiger partial charge in [-0.2, -0.15) is 5.10 Å². The Kier molecular flexibility index (Phi) is 6.10. The number of aliphatic hydroxyl groups is 1. The van der Waals surface area contributed by atoms with Crippen molar-refractivity contribution in [1.82, 2.24) is 15.1 Å². The van der Waals surface area contributed by atoms with E-state index in [4.69, 9.17) is 0 Å². The third-order valence-corrected chi connectivity index (χ3v) is 7.07. The molecule has 3 N–H and O–H groups in total. The lowest BCUT2D eigenvalue weighted by atomic mass is 10.1. The number of anilines is 2. The number of nitrogens with zero attached hydrogens (tertiary/aromatic N) is 3. The van der Waals surface area contributed by atoms with Crippen LogP contribution in [-0.4, -0.2) is 51.9 Å². The standard InChI is InChI=1S/C29H29N5O3/c35-26-13-15-33(16-14-26)24-10-6-23(7-11-24)31-28(36)19-1-8-25(9-2-19)34-27-12-3-20(17-21(27)18-30-34)29(37)32-22-4-5-22/h1-3,6-12,17-18,22,26,35H,4-5,13-16H2,(H,31,36)(H,32,37). The van der Waals surface area contributed by atoms with Crippen LogP contribution in [0, 0.1) is 0 Å². The highest BCUT2D eigenvalue weighted by atomic mass is 16.3. The van der Waals surface area contributed by atoms with Gasteiger partial charge in [-0.25, -0.2) is 4.68 Å². The van der Waals surface area contributed by atoms with Crippen LogP contribution in [-0.2, 0) is 0 Å².